The maximum atomic E-state index is 5.90. The van der Waals surface area contributed by atoms with E-state index in [9.17, 15) is 0 Å². The van der Waals surface area contributed by atoms with Crippen LogP contribution >= 0.6 is 11.6 Å². The second-order valence-electron chi connectivity index (χ2n) is 4.24. The molecule has 3 rings (SSSR count). The summed E-state index contributed by atoms with van der Waals surface area (Å²) in [5.74, 6) is 0.729. The van der Waals surface area contributed by atoms with Gasteiger partial charge in [-0.05, 0) is 41.8 Å². The molecule has 0 bridgehead atoms. The van der Waals surface area contributed by atoms with Crippen molar-refractivity contribution in [1.82, 2.24) is 19.9 Å². The topological polar surface area (TPSA) is 66.5 Å². The van der Waals surface area contributed by atoms with Crippen molar-refractivity contribution in [3.8, 4) is 0 Å². The van der Waals surface area contributed by atoms with E-state index in [4.69, 9.17) is 11.6 Å². The van der Waals surface area contributed by atoms with E-state index < -0.39 is 0 Å². The molecule has 5 nitrogen and oxygen atoms in total. The highest BCUT2D eigenvalue weighted by Gasteiger charge is 2.07. The predicted molar refractivity (Wildman–Crippen MR) is 75.2 cm³/mol. The molecule has 0 saturated carbocycles. The van der Waals surface area contributed by atoms with Crippen molar-refractivity contribution in [3.05, 3.63) is 47.1 Å². The van der Waals surface area contributed by atoms with Gasteiger partial charge in [0.05, 0.1) is 5.39 Å². The lowest BCUT2D eigenvalue weighted by Gasteiger charge is -2.08. The summed E-state index contributed by atoms with van der Waals surface area (Å²) in [5, 5.41) is 4.44. The Morgan fingerprint density at radius 1 is 1.32 bits per heavy atom. The molecule has 3 aromatic rings. The summed E-state index contributed by atoms with van der Waals surface area (Å²) in [5.41, 5.74) is 3.04. The van der Waals surface area contributed by atoms with Gasteiger partial charge in [-0.2, -0.15) is 4.98 Å². The first-order valence-electron chi connectivity index (χ1n) is 5.88. The molecule has 0 saturated heterocycles. The Labute approximate surface area is 115 Å². The van der Waals surface area contributed by atoms with Crippen molar-refractivity contribution in [3.63, 3.8) is 0 Å². The van der Waals surface area contributed by atoms with Gasteiger partial charge in [-0.25, -0.2) is 4.98 Å². The highest BCUT2D eigenvalue weighted by atomic mass is 35.5. The van der Waals surface area contributed by atoms with Gasteiger partial charge in [0.25, 0.3) is 0 Å². The monoisotopic (exact) mass is 273 g/mol. The first-order valence-corrected chi connectivity index (χ1v) is 6.26. The van der Waals surface area contributed by atoms with Crippen LogP contribution in [-0.2, 0) is 6.54 Å². The van der Waals surface area contributed by atoms with Crippen LogP contribution in [0.1, 0.15) is 11.1 Å². The number of nitrogens with one attached hydrogen (secondary N) is 2. The summed E-state index contributed by atoms with van der Waals surface area (Å²) in [6.45, 7) is 2.70. The molecule has 2 N–H and O–H groups in total. The minimum absolute atomic E-state index is 0.226. The Morgan fingerprint density at radius 3 is 3.05 bits per heavy atom. The van der Waals surface area contributed by atoms with Crippen molar-refractivity contribution < 1.29 is 0 Å². The average Bonchev–Trinajstić information content (AvgIpc) is 2.85. The molecule has 0 radical (unpaired) electrons. The summed E-state index contributed by atoms with van der Waals surface area (Å²) < 4.78 is 0. The Kier molecular flexibility index (Phi) is 3.05. The Hall–Kier alpha value is -2.14. The fraction of sp³-hybridized carbons (Fsp3) is 0.154. The van der Waals surface area contributed by atoms with Gasteiger partial charge in [0.2, 0.25) is 5.28 Å². The predicted octanol–water partition coefficient (Wildman–Crippen LogP) is 2.93. The Balaban J connectivity index is 1.90. The zero-order chi connectivity index (χ0) is 13.2. The van der Waals surface area contributed by atoms with Crippen molar-refractivity contribution in [2.24, 2.45) is 0 Å². The van der Waals surface area contributed by atoms with Gasteiger partial charge in [-0.15, -0.1) is 0 Å². The summed E-state index contributed by atoms with van der Waals surface area (Å²) in [7, 11) is 0. The number of pyridine rings is 1. The lowest BCUT2D eigenvalue weighted by atomic mass is 10.1. The van der Waals surface area contributed by atoms with Crippen molar-refractivity contribution in [1.29, 1.82) is 0 Å². The molecule has 19 heavy (non-hydrogen) atoms. The molecule has 0 amide bonds. The molecule has 0 spiro atoms. The number of aromatic nitrogens is 4. The zero-order valence-corrected chi connectivity index (χ0v) is 11.1. The average molecular weight is 274 g/mol. The second kappa shape index (κ2) is 4.85. The molecular formula is C13H12ClN5. The number of aryl methyl sites for hydroxylation is 1. The summed E-state index contributed by atoms with van der Waals surface area (Å²) >= 11 is 5.90. The smallest absolute Gasteiger partial charge is 0.226 e. The minimum Gasteiger partial charge on any atom is -0.365 e. The van der Waals surface area contributed by atoms with Crippen LogP contribution in [-0.4, -0.2) is 19.9 Å². The third-order valence-corrected chi connectivity index (χ3v) is 3.14. The van der Waals surface area contributed by atoms with E-state index in [-0.39, 0.29) is 5.28 Å². The van der Waals surface area contributed by atoms with Gasteiger partial charge in [0.1, 0.15) is 11.5 Å². The van der Waals surface area contributed by atoms with E-state index in [1.54, 1.807) is 6.20 Å². The van der Waals surface area contributed by atoms with Crippen LogP contribution in [0.3, 0.4) is 0 Å². The number of nitrogens with zero attached hydrogens (tertiary/aromatic N) is 3. The van der Waals surface area contributed by atoms with E-state index in [2.05, 4.69) is 25.3 Å². The lowest BCUT2D eigenvalue weighted by molar-refractivity contribution is 1.07. The molecule has 0 aliphatic heterocycles. The Morgan fingerprint density at radius 2 is 2.21 bits per heavy atom. The fourth-order valence-corrected chi connectivity index (χ4v) is 2.10. The number of rotatable bonds is 3. The molecule has 6 heteroatoms. The first-order chi connectivity index (χ1) is 9.24. The van der Waals surface area contributed by atoms with Crippen LogP contribution in [0.5, 0.6) is 0 Å². The highest BCUT2D eigenvalue weighted by Crippen LogP contribution is 2.21. The number of hydrogen-bond donors (Lipinski definition) is 2. The molecule has 0 aliphatic rings. The van der Waals surface area contributed by atoms with Crippen molar-refractivity contribution in [2.75, 3.05) is 5.32 Å². The summed E-state index contributed by atoms with van der Waals surface area (Å²) in [6.07, 6.45) is 5.44. The van der Waals surface area contributed by atoms with Crippen LogP contribution in [0.4, 0.5) is 5.82 Å². The highest BCUT2D eigenvalue weighted by molar-refractivity contribution is 6.28. The fourth-order valence-electron chi connectivity index (χ4n) is 1.93. The number of aromatic amines is 1. The number of anilines is 1. The van der Waals surface area contributed by atoms with E-state index >= 15 is 0 Å². The van der Waals surface area contributed by atoms with E-state index in [0.717, 1.165) is 22.4 Å². The molecule has 0 aliphatic carbocycles. The van der Waals surface area contributed by atoms with Gasteiger partial charge >= 0.3 is 0 Å². The molecule has 0 atom stereocenters. The molecular weight excluding hydrogens is 262 g/mol. The van der Waals surface area contributed by atoms with Gasteiger partial charge in [-0.3, -0.25) is 4.98 Å². The quantitative estimate of drug-likeness (QED) is 0.720. The number of fused-ring (bicyclic) bond motifs is 1. The third kappa shape index (κ3) is 2.37. The van der Waals surface area contributed by atoms with E-state index in [1.165, 1.54) is 5.56 Å². The number of hydrogen-bond acceptors (Lipinski definition) is 4. The van der Waals surface area contributed by atoms with E-state index in [1.807, 2.05) is 31.5 Å². The SMILES string of the molecule is Cc1cnccc1CNc1nc(Cl)nc2[nH]ccc12. The molecule has 0 aromatic carbocycles. The minimum atomic E-state index is 0.226. The van der Waals surface area contributed by atoms with Gasteiger partial charge in [0.15, 0.2) is 0 Å². The van der Waals surface area contributed by atoms with Crippen LogP contribution in [0.15, 0.2) is 30.7 Å². The number of H-pyrrole nitrogens is 1. The van der Waals surface area contributed by atoms with Crippen LogP contribution < -0.4 is 5.32 Å². The molecule has 0 fully saturated rings. The van der Waals surface area contributed by atoms with Gasteiger partial charge < -0.3 is 10.3 Å². The Bertz CT molecular complexity index is 722. The third-order valence-electron chi connectivity index (χ3n) is 2.97. The second-order valence-corrected chi connectivity index (χ2v) is 4.57. The maximum absolute atomic E-state index is 5.90. The maximum Gasteiger partial charge on any atom is 0.226 e. The van der Waals surface area contributed by atoms with Gasteiger partial charge in [0, 0.05) is 25.1 Å². The summed E-state index contributed by atoms with van der Waals surface area (Å²) in [4.78, 5) is 15.4. The molecule has 3 heterocycles. The van der Waals surface area contributed by atoms with Crippen LogP contribution in [0, 0.1) is 6.92 Å². The van der Waals surface area contributed by atoms with Crippen molar-refractivity contribution in [2.45, 2.75) is 13.5 Å². The van der Waals surface area contributed by atoms with Crippen molar-refractivity contribution >= 4 is 28.5 Å². The van der Waals surface area contributed by atoms with E-state index in [0.29, 0.717) is 6.54 Å². The molecule has 3 aromatic heterocycles. The standard InChI is InChI=1S/C13H12ClN5/c1-8-6-15-4-2-9(8)7-17-12-10-3-5-16-11(10)18-13(14)19-12/h2-6H,7H2,1H3,(H2,16,17,18,19). The van der Waals surface area contributed by atoms with Crippen LogP contribution in [0.25, 0.3) is 11.0 Å². The first kappa shape index (κ1) is 11.9. The van der Waals surface area contributed by atoms with Gasteiger partial charge in [-0.1, -0.05) is 0 Å². The van der Waals surface area contributed by atoms with Crippen LogP contribution in [0.2, 0.25) is 5.28 Å². The summed E-state index contributed by atoms with van der Waals surface area (Å²) in [6, 6.07) is 3.91. The number of halogens is 1. The molecule has 96 valence electrons. The largest absolute Gasteiger partial charge is 0.365 e. The molecule has 0 unspecified atom stereocenters. The lowest BCUT2D eigenvalue weighted by Crippen LogP contribution is -2.04. The normalized spacial score (nSPS) is 10.8. The zero-order valence-electron chi connectivity index (χ0n) is 10.3.